The van der Waals surface area contributed by atoms with Crippen LogP contribution in [0.5, 0.6) is 11.5 Å². The number of hydrogen-bond acceptors (Lipinski definition) is 5. The number of benzene rings is 2. The molecule has 2 aliphatic rings. The summed E-state index contributed by atoms with van der Waals surface area (Å²) in [4.78, 5) is 34.9. The van der Waals surface area contributed by atoms with Gasteiger partial charge in [0.05, 0.1) is 29.7 Å². The van der Waals surface area contributed by atoms with Crippen LogP contribution in [-0.2, 0) is 29.7 Å². The van der Waals surface area contributed by atoms with E-state index < -0.39 is 6.04 Å². The van der Waals surface area contributed by atoms with Crippen molar-refractivity contribution in [3.63, 3.8) is 0 Å². The maximum Gasteiger partial charge on any atom is 0.257 e. The molecule has 0 radical (unpaired) electrons. The third-order valence-electron chi connectivity index (χ3n) is 6.38. The minimum Gasteiger partial charge on any atom is -0.493 e. The largest absolute Gasteiger partial charge is 0.493 e. The molecule has 0 fully saturated rings. The van der Waals surface area contributed by atoms with Crippen molar-refractivity contribution in [3.8, 4) is 11.5 Å². The number of nitrogens with zero attached hydrogens (tertiary/aromatic N) is 3. The number of ether oxygens (including phenoxy) is 2. The molecule has 0 unspecified atom stereocenters. The quantitative estimate of drug-likeness (QED) is 0.472. The van der Waals surface area contributed by atoms with E-state index in [0.29, 0.717) is 41.0 Å². The van der Waals surface area contributed by atoms with Crippen LogP contribution in [0.2, 0.25) is 0 Å². The zero-order chi connectivity index (χ0) is 23.8. The average molecular weight is 522 g/mol. The summed E-state index contributed by atoms with van der Waals surface area (Å²) in [6, 6.07) is 16.5. The Bertz CT molecular complexity index is 1280. The second kappa shape index (κ2) is 9.10. The highest BCUT2D eigenvalue weighted by molar-refractivity contribution is 9.08. The summed E-state index contributed by atoms with van der Waals surface area (Å²) < 4.78 is 11.6. The number of anilines is 1. The second-order valence-electron chi connectivity index (χ2n) is 8.38. The summed E-state index contributed by atoms with van der Waals surface area (Å²) >= 11 is 3.42. The van der Waals surface area contributed by atoms with Crippen LogP contribution in [0.15, 0.2) is 54.6 Å². The minimum absolute atomic E-state index is 0.121. The molecule has 0 saturated carbocycles. The van der Waals surface area contributed by atoms with Crippen LogP contribution in [0.3, 0.4) is 0 Å². The molecule has 1 atom stereocenters. The standard InChI is InChI=1S/C26H24BrN3O4/c1-29-21-12-24(34-15-19-9-5-8-18(13-27)28-19)23(33-2)11-20(21)25(31)30-14-17-7-4-3-6-16(17)10-22(30)26(29)32/h3-9,11-12,22H,10,13-15H2,1-2H3/t22-/m0/s1. The first-order valence-electron chi connectivity index (χ1n) is 11.0. The van der Waals surface area contributed by atoms with Crippen LogP contribution in [0, 0.1) is 0 Å². The smallest absolute Gasteiger partial charge is 0.257 e. The van der Waals surface area contributed by atoms with Gasteiger partial charge in [0.2, 0.25) is 5.91 Å². The third kappa shape index (κ3) is 3.92. The molecule has 7 nitrogen and oxygen atoms in total. The van der Waals surface area contributed by atoms with E-state index in [4.69, 9.17) is 9.47 Å². The molecule has 0 bridgehead atoms. The van der Waals surface area contributed by atoms with Crippen LogP contribution in [-0.4, -0.2) is 41.9 Å². The Morgan fingerprint density at radius 2 is 1.79 bits per heavy atom. The van der Waals surface area contributed by atoms with Gasteiger partial charge in [-0.1, -0.05) is 46.3 Å². The van der Waals surface area contributed by atoms with Crippen molar-refractivity contribution in [1.82, 2.24) is 9.88 Å². The summed E-state index contributed by atoms with van der Waals surface area (Å²) in [7, 11) is 3.24. The molecule has 0 aliphatic carbocycles. The van der Waals surface area contributed by atoms with E-state index in [9.17, 15) is 9.59 Å². The first-order valence-corrected chi connectivity index (χ1v) is 12.1. The summed E-state index contributed by atoms with van der Waals surface area (Å²) in [5.41, 5.74) is 4.76. The van der Waals surface area contributed by atoms with Crippen molar-refractivity contribution in [1.29, 1.82) is 0 Å². The zero-order valence-corrected chi connectivity index (χ0v) is 20.5. The molecule has 0 spiro atoms. The lowest BCUT2D eigenvalue weighted by Gasteiger charge is -2.35. The van der Waals surface area contributed by atoms with Gasteiger partial charge in [0, 0.05) is 31.4 Å². The van der Waals surface area contributed by atoms with Gasteiger partial charge in [0.1, 0.15) is 12.6 Å². The molecular formula is C26H24BrN3O4. The van der Waals surface area contributed by atoms with Crippen molar-refractivity contribution < 1.29 is 19.1 Å². The Labute approximate surface area is 206 Å². The van der Waals surface area contributed by atoms with Crippen molar-refractivity contribution in [2.24, 2.45) is 0 Å². The summed E-state index contributed by atoms with van der Waals surface area (Å²) in [6.45, 7) is 0.625. The van der Waals surface area contributed by atoms with Crippen molar-refractivity contribution >= 4 is 33.4 Å². The first-order chi connectivity index (χ1) is 16.5. The van der Waals surface area contributed by atoms with E-state index in [1.54, 1.807) is 29.0 Å². The number of halogens is 1. The van der Waals surface area contributed by atoms with Crippen molar-refractivity contribution in [2.75, 3.05) is 19.1 Å². The molecular weight excluding hydrogens is 498 g/mol. The first kappa shape index (κ1) is 22.4. The Balaban J connectivity index is 1.50. The molecule has 5 rings (SSSR count). The number of carbonyl (C=O) groups excluding carboxylic acids is 2. The molecule has 3 heterocycles. The predicted octanol–water partition coefficient (Wildman–Crippen LogP) is 4.11. The molecule has 0 saturated heterocycles. The molecule has 3 aromatic rings. The van der Waals surface area contributed by atoms with Crippen molar-refractivity contribution in [3.05, 3.63) is 82.7 Å². The zero-order valence-electron chi connectivity index (χ0n) is 19.0. The van der Waals surface area contributed by atoms with E-state index in [-0.39, 0.29) is 18.4 Å². The van der Waals surface area contributed by atoms with E-state index >= 15 is 0 Å². The van der Waals surface area contributed by atoms with Crippen LogP contribution < -0.4 is 14.4 Å². The SMILES string of the molecule is COc1cc2c(cc1OCc1cccc(CBr)n1)N(C)C(=O)[C@@H]1Cc3ccccc3CN1C2=O. The molecule has 2 aliphatic heterocycles. The van der Waals surface area contributed by atoms with Crippen LogP contribution >= 0.6 is 15.9 Å². The van der Waals surface area contributed by atoms with Gasteiger partial charge in [-0.25, -0.2) is 0 Å². The molecule has 2 amide bonds. The molecule has 8 heteroatoms. The van der Waals surface area contributed by atoms with Crippen molar-refractivity contribution in [2.45, 2.75) is 30.9 Å². The molecule has 0 N–H and O–H groups in total. The normalized spacial score (nSPS) is 17.0. The summed E-state index contributed by atoms with van der Waals surface area (Å²) in [5, 5.41) is 0.652. The lowest BCUT2D eigenvalue weighted by molar-refractivity contribution is -0.123. The monoisotopic (exact) mass is 521 g/mol. The van der Waals surface area contributed by atoms with Gasteiger partial charge < -0.3 is 19.3 Å². The highest BCUT2D eigenvalue weighted by Gasteiger charge is 2.41. The predicted molar refractivity (Wildman–Crippen MR) is 131 cm³/mol. The number of likely N-dealkylation sites (N-methyl/N-ethyl adjacent to an activating group) is 1. The number of alkyl halides is 1. The minimum atomic E-state index is -0.550. The van der Waals surface area contributed by atoms with Gasteiger partial charge in [-0.2, -0.15) is 0 Å². The number of amides is 2. The topological polar surface area (TPSA) is 72.0 Å². The maximum absolute atomic E-state index is 13.6. The van der Waals surface area contributed by atoms with Gasteiger partial charge in [-0.3, -0.25) is 14.6 Å². The molecule has 34 heavy (non-hydrogen) atoms. The average Bonchev–Trinajstić information content (AvgIpc) is 2.95. The summed E-state index contributed by atoms with van der Waals surface area (Å²) in [6.07, 6.45) is 0.495. The highest BCUT2D eigenvalue weighted by atomic mass is 79.9. The van der Waals surface area contributed by atoms with Crippen LogP contribution in [0.1, 0.15) is 32.9 Å². The fourth-order valence-corrected chi connectivity index (χ4v) is 4.87. The number of rotatable bonds is 5. The van der Waals surface area contributed by atoms with E-state index in [2.05, 4.69) is 20.9 Å². The highest BCUT2D eigenvalue weighted by Crippen LogP contribution is 2.39. The lowest BCUT2D eigenvalue weighted by Crippen LogP contribution is -2.50. The van der Waals surface area contributed by atoms with Gasteiger partial charge in [-0.15, -0.1) is 0 Å². The molecule has 1 aromatic heterocycles. The Hall–Kier alpha value is -3.39. The van der Waals surface area contributed by atoms with Gasteiger partial charge in [-0.05, 0) is 29.3 Å². The van der Waals surface area contributed by atoms with Gasteiger partial charge >= 0.3 is 0 Å². The van der Waals surface area contributed by atoms with Gasteiger partial charge in [0.15, 0.2) is 11.5 Å². The summed E-state index contributed by atoms with van der Waals surface area (Å²) in [5.74, 6) is 0.566. The fraction of sp³-hybridized carbons (Fsp3) is 0.269. The number of fused-ring (bicyclic) bond motifs is 3. The maximum atomic E-state index is 13.6. The lowest BCUT2D eigenvalue weighted by atomic mass is 9.93. The molecule has 174 valence electrons. The number of pyridine rings is 1. The number of carbonyl (C=O) groups is 2. The fourth-order valence-electron chi connectivity index (χ4n) is 4.56. The third-order valence-corrected chi connectivity index (χ3v) is 6.95. The van der Waals surface area contributed by atoms with Gasteiger partial charge in [0.25, 0.3) is 5.91 Å². The van der Waals surface area contributed by atoms with Crippen LogP contribution in [0.4, 0.5) is 5.69 Å². The number of methoxy groups -OCH3 is 1. The second-order valence-corrected chi connectivity index (χ2v) is 8.94. The number of hydrogen-bond donors (Lipinski definition) is 0. The molecule has 2 aromatic carbocycles. The Morgan fingerprint density at radius 1 is 1.03 bits per heavy atom. The number of aromatic nitrogens is 1. The Kier molecular flexibility index (Phi) is 6.00. The van der Waals surface area contributed by atoms with E-state index in [0.717, 1.165) is 22.5 Å². The Morgan fingerprint density at radius 3 is 2.56 bits per heavy atom. The van der Waals surface area contributed by atoms with Crippen LogP contribution in [0.25, 0.3) is 0 Å². The van der Waals surface area contributed by atoms with E-state index in [1.165, 1.54) is 7.11 Å². The van der Waals surface area contributed by atoms with E-state index in [1.807, 2.05) is 42.5 Å².